The summed E-state index contributed by atoms with van der Waals surface area (Å²) in [5.41, 5.74) is -4.01. The standard InChI is InChI=1S/C25H19F6NO3/c26-24(27,28)20-8-4-7-19(13-20)23(25(29,30)31)14-21(17-9-11-18(12-10-17)22(33)34)32(35-23)15-16-5-2-1-3-6-16/h1-13,21H,14-15H2,(H,33,34). The number of hydrogen-bond acceptors (Lipinski definition) is 3. The van der Waals surface area contributed by atoms with Crippen LogP contribution in [0.5, 0.6) is 0 Å². The fraction of sp³-hybridized carbons (Fsp3) is 0.240. The molecule has 0 spiro atoms. The Kier molecular flexibility index (Phi) is 6.37. The second-order valence-corrected chi connectivity index (χ2v) is 8.20. The summed E-state index contributed by atoms with van der Waals surface area (Å²) in [4.78, 5) is 16.7. The molecular formula is C25H19F6NO3. The summed E-state index contributed by atoms with van der Waals surface area (Å²) in [5, 5.41) is 10.2. The normalized spacial score (nSPS) is 21.3. The molecule has 2 unspecified atom stereocenters. The fourth-order valence-corrected chi connectivity index (χ4v) is 4.16. The van der Waals surface area contributed by atoms with E-state index in [0.717, 1.165) is 17.2 Å². The first-order valence-corrected chi connectivity index (χ1v) is 10.5. The van der Waals surface area contributed by atoms with Crippen molar-refractivity contribution in [3.8, 4) is 0 Å². The van der Waals surface area contributed by atoms with E-state index in [-0.39, 0.29) is 12.1 Å². The van der Waals surface area contributed by atoms with Crippen LogP contribution in [0.25, 0.3) is 0 Å². The lowest BCUT2D eigenvalue weighted by atomic mass is 9.84. The summed E-state index contributed by atoms with van der Waals surface area (Å²) in [6.07, 6.45) is -10.6. The predicted octanol–water partition coefficient (Wildman–Crippen LogP) is 6.74. The summed E-state index contributed by atoms with van der Waals surface area (Å²) in [7, 11) is 0. The van der Waals surface area contributed by atoms with Gasteiger partial charge in [0.1, 0.15) is 0 Å². The third kappa shape index (κ3) is 4.89. The Labute approximate surface area is 196 Å². The number of carbonyl (C=O) groups is 1. The van der Waals surface area contributed by atoms with Crippen LogP contribution in [0.15, 0.2) is 78.9 Å². The Morgan fingerprint density at radius 2 is 1.60 bits per heavy atom. The molecule has 1 heterocycles. The third-order valence-electron chi connectivity index (χ3n) is 5.94. The van der Waals surface area contributed by atoms with E-state index in [2.05, 4.69) is 0 Å². The van der Waals surface area contributed by atoms with Gasteiger partial charge in [0, 0.05) is 13.0 Å². The summed E-state index contributed by atoms with van der Waals surface area (Å²) < 4.78 is 83.7. The number of hydroxylamine groups is 2. The lowest BCUT2D eigenvalue weighted by Crippen LogP contribution is -2.43. The van der Waals surface area contributed by atoms with Crippen LogP contribution < -0.4 is 0 Å². The highest BCUT2D eigenvalue weighted by Gasteiger charge is 2.64. The molecule has 0 saturated carbocycles. The quantitative estimate of drug-likeness (QED) is 0.399. The van der Waals surface area contributed by atoms with Crippen molar-refractivity contribution >= 4 is 5.97 Å². The van der Waals surface area contributed by atoms with Gasteiger partial charge in [-0.25, -0.2) is 4.79 Å². The molecule has 10 heteroatoms. The maximum absolute atomic E-state index is 14.6. The number of alkyl halides is 6. The maximum Gasteiger partial charge on any atom is 0.423 e. The number of halogens is 6. The lowest BCUT2D eigenvalue weighted by molar-refractivity contribution is -0.330. The maximum atomic E-state index is 14.6. The highest BCUT2D eigenvalue weighted by molar-refractivity contribution is 5.87. The highest BCUT2D eigenvalue weighted by Crippen LogP contribution is 2.55. The Hall–Kier alpha value is -3.37. The molecule has 0 radical (unpaired) electrons. The number of aromatic carboxylic acids is 1. The number of rotatable bonds is 5. The van der Waals surface area contributed by atoms with E-state index < -0.39 is 47.5 Å². The molecule has 1 fully saturated rings. The van der Waals surface area contributed by atoms with Crippen molar-refractivity contribution in [2.24, 2.45) is 0 Å². The van der Waals surface area contributed by atoms with E-state index >= 15 is 0 Å². The molecule has 0 aliphatic carbocycles. The molecule has 0 bridgehead atoms. The van der Waals surface area contributed by atoms with Crippen LogP contribution in [0, 0.1) is 0 Å². The smallest absolute Gasteiger partial charge is 0.423 e. The number of carboxylic acids is 1. The van der Waals surface area contributed by atoms with Crippen LogP contribution in [-0.4, -0.2) is 22.3 Å². The molecule has 1 saturated heterocycles. The van der Waals surface area contributed by atoms with E-state index in [1.54, 1.807) is 30.3 Å². The first-order valence-electron chi connectivity index (χ1n) is 10.5. The van der Waals surface area contributed by atoms with E-state index in [4.69, 9.17) is 9.94 Å². The summed E-state index contributed by atoms with van der Waals surface area (Å²) in [5.74, 6) is -1.20. The van der Waals surface area contributed by atoms with Crippen molar-refractivity contribution in [3.63, 3.8) is 0 Å². The number of carboxylic acid groups (broad SMARTS) is 1. The molecular weight excluding hydrogens is 476 g/mol. The average Bonchev–Trinajstić information content (AvgIpc) is 3.20. The van der Waals surface area contributed by atoms with Gasteiger partial charge >= 0.3 is 18.3 Å². The second-order valence-electron chi connectivity index (χ2n) is 8.20. The number of hydrogen-bond donors (Lipinski definition) is 1. The molecule has 2 atom stereocenters. The summed E-state index contributed by atoms with van der Waals surface area (Å²) >= 11 is 0. The Morgan fingerprint density at radius 3 is 2.17 bits per heavy atom. The van der Waals surface area contributed by atoms with Gasteiger partial charge in [0.25, 0.3) is 0 Å². The van der Waals surface area contributed by atoms with Crippen molar-refractivity contribution in [1.29, 1.82) is 0 Å². The van der Waals surface area contributed by atoms with E-state index in [1.165, 1.54) is 24.3 Å². The van der Waals surface area contributed by atoms with Crippen molar-refractivity contribution in [2.75, 3.05) is 0 Å². The van der Waals surface area contributed by atoms with Crippen molar-refractivity contribution in [3.05, 3.63) is 107 Å². The second kappa shape index (κ2) is 9.01. The zero-order chi connectivity index (χ0) is 25.4. The molecule has 1 N–H and O–H groups in total. The first kappa shape index (κ1) is 24.7. The van der Waals surface area contributed by atoms with Gasteiger partial charge in [-0.2, -0.15) is 31.4 Å². The van der Waals surface area contributed by atoms with Crippen LogP contribution in [-0.2, 0) is 23.2 Å². The zero-order valence-corrected chi connectivity index (χ0v) is 18.0. The minimum Gasteiger partial charge on any atom is -0.478 e. The van der Waals surface area contributed by atoms with Gasteiger partial charge in [-0.15, -0.1) is 0 Å². The molecule has 1 aliphatic rings. The monoisotopic (exact) mass is 495 g/mol. The van der Waals surface area contributed by atoms with Gasteiger partial charge in [-0.3, -0.25) is 4.84 Å². The van der Waals surface area contributed by atoms with Gasteiger partial charge in [-0.1, -0.05) is 54.6 Å². The van der Waals surface area contributed by atoms with Gasteiger partial charge < -0.3 is 5.11 Å². The zero-order valence-electron chi connectivity index (χ0n) is 18.0. The molecule has 3 aromatic rings. The molecule has 4 nitrogen and oxygen atoms in total. The molecule has 4 rings (SSSR count). The van der Waals surface area contributed by atoms with Crippen molar-refractivity contribution < 1.29 is 41.1 Å². The number of benzene rings is 3. The van der Waals surface area contributed by atoms with Crippen LogP contribution in [0.3, 0.4) is 0 Å². The topological polar surface area (TPSA) is 49.8 Å². The minimum absolute atomic E-state index is 0.0535. The third-order valence-corrected chi connectivity index (χ3v) is 5.94. The van der Waals surface area contributed by atoms with E-state index in [9.17, 15) is 31.1 Å². The summed E-state index contributed by atoms with van der Waals surface area (Å²) in [6, 6.07) is 15.8. The molecule has 1 aliphatic heterocycles. The van der Waals surface area contributed by atoms with E-state index in [0.29, 0.717) is 23.3 Å². The average molecular weight is 495 g/mol. The largest absolute Gasteiger partial charge is 0.478 e. The summed E-state index contributed by atoms with van der Waals surface area (Å²) in [6.45, 7) is -0.0804. The van der Waals surface area contributed by atoms with Crippen molar-refractivity contribution in [1.82, 2.24) is 5.06 Å². The Bertz CT molecular complexity index is 1190. The van der Waals surface area contributed by atoms with Crippen LogP contribution in [0.2, 0.25) is 0 Å². The number of nitrogens with zero attached hydrogens (tertiary/aromatic N) is 1. The Balaban J connectivity index is 1.81. The van der Waals surface area contributed by atoms with Gasteiger partial charge in [0.15, 0.2) is 0 Å². The molecule has 0 amide bonds. The molecule has 35 heavy (non-hydrogen) atoms. The van der Waals surface area contributed by atoms with Crippen molar-refractivity contribution in [2.45, 2.75) is 37.0 Å². The van der Waals surface area contributed by atoms with E-state index in [1.807, 2.05) is 0 Å². The fourth-order valence-electron chi connectivity index (χ4n) is 4.16. The molecule has 184 valence electrons. The SMILES string of the molecule is O=C(O)c1ccc(C2CC(c3cccc(C(F)(F)F)c3)(C(F)(F)F)ON2Cc2ccccc2)cc1. The van der Waals surface area contributed by atoms with Gasteiger partial charge in [0.05, 0.1) is 17.2 Å². The molecule has 3 aromatic carbocycles. The lowest BCUT2D eigenvalue weighted by Gasteiger charge is -2.32. The Morgan fingerprint density at radius 1 is 0.943 bits per heavy atom. The predicted molar refractivity (Wildman–Crippen MR) is 113 cm³/mol. The van der Waals surface area contributed by atoms with Crippen LogP contribution in [0.1, 0.15) is 45.1 Å². The highest BCUT2D eigenvalue weighted by atomic mass is 19.4. The first-order chi connectivity index (χ1) is 16.4. The van der Waals surface area contributed by atoms with Gasteiger partial charge in [-0.05, 0) is 41.0 Å². The van der Waals surface area contributed by atoms with Crippen LogP contribution in [0.4, 0.5) is 26.3 Å². The minimum atomic E-state index is -5.05. The van der Waals surface area contributed by atoms with Crippen LogP contribution >= 0.6 is 0 Å². The molecule has 0 aromatic heterocycles. The van der Waals surface area contributed by atoms with Gasteiger partial charge in [0.2, 0.25) is 5.60 Å².